The molecule has 0 aromatic carbocycles. The quantitative estimate of drug-likeness (QED) is 0.846. The molecule has 90 valence electrons. The standard InChI is InChI=1S/C12H22N4/c1-2-7-16-9-14-15-12(16)11-5-3-10(8-13)4-6-11/h9-11H,2-8,13H2,1H3. The number of hydrogen-bond donors (Lipinski definition) is 1. The van der Waals surface area contributed by atoms with Crippen LogP contribution in [0.1, 0.15) is 50.8 Å². The maximum absolute atomic E-state index is 5.71. The van der Waals surface area contributed by atoms with E-state index >= 15 is 0 Å². The molecule has 1 heterocycles. The molecule has 0 unspecified atom stereocenters. The molecule has 0 saturated heterocycles. The summed E-state index contributed by atoms with van der Waals surface area (Å²) in [6.45, 7) is 4.07. The molecule has 4 nitrogen and oxygen atoms in total. The molecule has 16 heavy (non-hydrogen) atoms. The minimum atomic E-state index is 0.608. The largest absolute Gasteiger partial charge is 0.330 e. The van der Waals surface area contributed by atoms with Crippen LogP contribution in [-0.4, -0.2) is 21.3 Å². The smallest absolute Gasteiger partial charge is 0.135 e. The minimum absolute atomic E-state index is 0.608. The lowest BCUT2D eigenvalue weighted by Crippen LogP contribution is -2.22. The van der Waals surface area contributed by atoms with Crippen LogP contribution in [0.4, 0.5) is 0 Å². The van der Waals surface area contributed by atoms with Gasteiger partial charge in [-0.15, -0.1) is 10.2 Å². The second kappa shape index (κ2) is 5.43. The topological polar surface area (TPSA) is 56.7 Å². The molecule has 2 rings (SSSR count). The van der Waals surface area contributed by atoms with Gasteiger partial charge in [-0.05, 0) is 44.6 Å². The summed E-state index contributed by atoms with van der Waals surface area (Å²) in [4.78, 5) is 0. The van der Waals surface area contributed by atoms with Gasteiger partial charge in [-0.25, -0.2) is 0 Å². The Bertz CT molecular complexity index is 313. The summed E-state index contributed by atoms with van der Waals surface area (Å²) in [7, 11) is 0. The molecular weight excluding hydrogens is 200 g/mol. The highest BCUT2D eigenvalue weighted by molar-refractivity contribution is 4.98. The van der Waals surface area contributed by atoms with Crippen molar-refractivity contribution in [1.29, 1.82) is 0 Å². The molecule has 1 aromatic rings. The molecule has 0 aliphatic heterocycles. The van der Waals surface area contributed by atoms with Crippen molar-refractivity contribution < 1.29 is 0 Å². The summed E-state index contributed by atoms with van der Waals surface area (Å²) in [6, 6.07) is 0. The van der Waals surface area contributed by atoms with Crippen LogP contribution in [0.25, 0.3) is 0 Å². The van der Waals surface area contributed by atoms with E-state index in [1.807, 2.05) is 6.33 Å². The van der Waals surface area contributed by atoms with Crippen molar-refractivity contribution in [3.05, 3.63) is 12.2 Å². The van der Waals surface area contributed by atoms with Crippen molar-refractivity contribution in [2.45, 2.75) is 51.5 Å². The van der Waals surface area contributed by atoms with Crippen LogP contribution < -0.4 is 5.73 Å². The Hall–Kier alpha value is -0.900. The molecule has 1 saturated carbocycles. The monoisotopic (exact) mass is 222 g/mol. The summed E-state index contributed by atoms with van der Waals surface area (Å²) in [5, 5.41) is 8.33. The summed E-state index contributed by atoms with van der Waals surface area (Å²) >= 11 is 0. The van der Waals surface area contributed by atoms with Crippen LogP contribution in [-0.2, 0) is 6.54 Å². The van der Waals surface area contributed by atoms with E-state index in [9.17, 15) is 0 Å². The molecule has 0 spiro atoms. The molecule has 1 aromatic heterocycles. The first-order valence-electron chi connectivity index (χ1n) is 6.43. The Morgan fingerprint density at radius 1 is 1.38 bits per heavy atom. The fourth-order valence-electron chi connectivity index (χ4n) is 2.65. The Kier molecular flexibility index (Phi) is 3.93. The van der Waals surface area contributed by atoms with E-state index in [4.69, 9.17) is 5.73 Å². The number of nitrogens with zero attached hydrogens (tertiary/aromatic N) is 3. The third-order valence-electron chi connectivity index (χ3n) is 3.66. The first kappa shape index (κ1) is 11.6. The van der Waals surface area contributed by atoms with Crippen LogP contribution in [0, 0.1) is 5.92 Å². The molecule has 1 aliphatic carbocycles. The zero-order chi connectivity index (χ0) is 11.4. The van der Waals surface area contributed by atoms with Gasteiger partial charge in [0.15, 0.2) is 0 Å². The van der Waals surface area contributed by atoms with Crippen molar-refractivity contribution in [2.75, 3.05) is 6.54 Å². The van der Waals surface area contributed by atoms with Crippen molar-refractivity contribution in [3.63, 3.8) is 0 Å². The van der Waals surface area contributed by atoms with Gasteiger partial charge in [-0.3, -0.25) is 0 Å². The molecule has 1 aliphatic rings. The summed E-state index contributed by atoms with van der Waals surface area (Å²) in [5.41, 5.74) is 5.71. The van der Waals surface area contributed by atoms with Crippen LogP contribution in [0.5, 0.6) is 0 Å². The van der Waals surface area contributed by atoms with Gasteiger partial charge < -0.3 is 10.3 Å². The Labute approximate surface area is 97.2 Å². The van der Waals surface area contributed by atoms with Crippen molar-refractivity contribution in [1.82, 2.24) is 14.8 Å². The molecule has 4 heteroatoms. The molecule has 0 amide bonds. The first-order chi connectivity index (χ1) is 7.85. The Morgan fingerprint density at radius 3 is 2.75 bits per heavy atom. The zero-order valence-electron chi connectivity index (χ0n) is 10.1. The van der Waals surface area contributed by atoms with Gasteiger partial charge in [-0.2, -0.15) is 0 Å². The summed E-state index contributed by atoms with van der Waals surface area (Å²) in [6.07, 6.45) is 7.96. The van der Waals surface area contributed by atoms with Gasteiger partial charge in [0, 0.05) is 12.5 Å². The van der Waals surface area contributed by atoms with E-state index in [1.54, 1.807) is 0 Å². The van der Waals surface area contributed by atoms with Gasteiger partial charge in [0.25, 0.3) is 0 Å². The Morgan fingerprint density at radius 2 is 2.12 bits per heavy atom. The van der Waals surface area contributed by atoms with Crippen molar-refractivity contribution >= 4 is 0 Å². The van der Waals surface area contributed by atoms with E-state index in [0.29, 0.717) is 5.92 Å². The van der Waals surface area contributed by atoms with Crippen LogP contribution in [0.3, 0.4) is 0 Å². The van der Waals surface area contributed by atoms with E-state index in [1.165, 1.54) is 31.5 Å². The first-order valence-corrected chi connectivity index (χ1v) is 6.43. The fourth-order valence-corrected chi connectivity index (χ4v) is 2.65. The number of nitrogens with two attached hydrogens (primary N) is 1. The molecule has 0 bridgehead atoms. The normalized spacial score (nSPS) is 25.9. The minimum Gasteiger partial charge on any atom is -0.330 e. The van der Waals surface area contributed by atoms with Gasteiger partial charge in [-0.1, -0.05) is 6.92 Å². The van der Waals surface area contributed by atoms with Crippen molar-refractivity contribution in [2.24, 2.45) is 11.7 Å². The van der Waals surface area contributed by atoms with E-state index < -0.39 is 0 Å². The third-order valence-corrected chi connectivity index (χ3v) is 3.66. The van der Waals surface area contributed by atoms with Crippen molar-refractivity contribution in [3.8, 4) is 0 Å². The number of hydrogen-bond acceptors (Lipinski definition) is 3. The van der Waals surface area contributed by atoms with Crippen LogP contribution >= 0.6 is 0 Å². The maximum Gasteiger partial charge on any atom is 0.135 e. The Balaban J connectivity index is 1.99. The highest BCUT2D eigenvalue weighted by Gasteiger charge is 2.24. The van der Waals surface area contributed by atoms with Crippen LogP contribution in [0.15, 0.2) is 6.33 Å². The third kappa shape index (κ3) is 2.43. The highest BCUT2D eigenvalue weighted by atomic mass is 15.3. The van der Waals surface area contributed by atoms with Gasteiger partial charge in [0.2, 0.25) is 0 Å². The lowest BCUT2D eigenvalue weighted by molar-refractivity contribution is 0.319. The lowest BCUT2D eigenvalue weighted by Gasteiger charge is -2.27. The summed E-state index contributed by atoms with van der Waals surface area (Å²) < 4.78 is 2.22. The van der Waals surface area contributed by atoms with Gasteiger partial charge in [0.05, 0.1) is 0 Å². The molecule has 0 atom stereocenters. The van der Waals surface area contributed by atoms with Crippen LogP contribution in [0.2, 0.25) is 0 Å². The fraction of sp³-hybridized carbons (Fsp3) is 0.833. The average Bonchev–Trinajstić information content (AvgIpc) is 2.78. The maximum atomic E-state index is 5.71. The molecule has 1 fully saturated rings. The predicted molar refractivity (Wildman–Crippen MR) is 64.1 cm³/mol. The summed E-state index contributed by atoms with van der Waals surface area (Å²) in [5.74, 6) is 2.54. The molecule has 2 N–H and O–H groups in total. The van der Waals surface area contributed by atoms with Gasteiger partial charge in [0.1, 0.15) is 12.2 Å². The molecular formula is C12H22N4. The lowest BCUT2D eigenvalue weighted by atomic mass is 9.81. The predicted octanol–water partition coefficient (Wildman–Crippen LogP) is 1.92. The highest BCUT2D eigenvalue weighted by Crippen LogP contribution is 2.34. The zero-order valence-corrected chi connectivity index (χ0v) is 10.1. The number of rotatable bonds is 4. The average molecular weight is 222 g/mol. The van der Waals surface area contributed by atoms with E-state index in [-0.39, 0.29) is 0 Å². The molecule has 0 radical (unpaired) electrons. The number of aromatic nitrogens is 3. The second-order valence-electron chi connectivity index (χ2n) is 4.84. The SMILES string of the molecule is CCCn1cnnc1C1CCC(CN)CC1. The van der Waals surface area contributed by atoms with E-state index in [0.717, 1.165) is 25.4 Å². The second-order valence-corrected chi connectivity index (χ2v) is 4.84. The number of aryl methyl sites for hydroxylation is 1. The van der Waals surface area contributed by atoms with E-state index in [2.05, 4.69) is 21.7 Å². The van der Waals surface area contributed by atoms with Gasteiger partial charge >= 0.3 is 0 Å².